The van der Waals surface area contributed by atoms with Crippen LogP contribution in [0, 0.1) is 11.8 Å². The van der Waals surface area contributed by atoms with Crippen LogP contribution in [0.3, 0.4) is 0 Å². The first-order valence-corrected chi connectivity index (χ1v) is 14.4. The van der Waals surface area contributed by atoms with Crippen molar-refractivity contribution in [3.8, 4) is 0 Å². The molecule has 2 bridgehead atoms. The van der Waals surface area contributed by atoms with Crippen LogP contribution >= 0.6 is 11.8 Å². The maximum Gasteiger partial charge on any atom is 0.311 e. The average molecular weight is 521 g/mol. The molecule has 0 aromatic heterocycles. The molecular weight excluding hydrogens is 476 g/mol. The molecule has 0 aromatic carbocycles. The van der Waals surface area contributed by atoms with Crippen molar-refractivity contribution >= 4 is 29.5 Å². The summed E-state index contributed by atoms with van der Waals surface area (Å²) in [6.45, 7) is 13.7. The molecule has 0 aliphatic carbocycles. The van der Waals surface area contributed by atoms with Gasteiger partial charge in [0, 0.05) is 31.0 Å². The number of esters is 1. The van der Waals surface area contributed by atoms with Crippen LogP contribution < -0.4 is 0 Å². The number of rotatable bonds is 16. The maximum atomic E-state index is 14.1. The van der Waals surface area contributed by atoms with E-state index in [-0.39, 0.29) is 24.4 Å². The molecule has 3 saturated heterocycles. The number of allylic oxidation sites excluding steroid dienone is 1. The fraction of sp³-hybridized carbons (Fsp3) is 0.750. The molecule has 8 heteroatoms. The van der Waals surface area contributed by atoms with Crippen LogP contribution in [0.4, 0.5) is 0 Å². The van der Waals surface area contributed by atoms with Gasteiger partial charge in [0.15, 0.2) is 0 Å². The molecule has 0 aromatic rings. The summed E-state index contributed by atoms with van der Waals surface area (Å²) in [4.78, 5) is 45.2. The van der Waals surface area contributed by atoms with Crippen LogP contribution in [-0.4, -0.2) is 81.1 Å². The lowest BCUT2D eigenvalue weighted by Gasteiger charge is -2.37. The Bertz CT molecular complexity index is 835. The van der Waals surface area contributed by atoms with Crippen molar-refractivity contribution in [1.82, 2.24) is 9.80 Å². The van der Waals surface area contributed by atoms with E-state index in [1.54, 1.807) is 28.8 Å². The number of aliphatic hydroxyl groups excluding tert-OH is 1. The van der Waals surface area contributed by atoms with Crippen molar-refractivity contribution < 1.29 is 24.2 Å². The van der Waals surface area contributed by atoms with Crippen molar-refractivity contribution in [1.29, 1.82) is 0 Å². The SMILES string of the molecule is C=CCCCOC(=O)[C@H]1[C@H]2C(=O)N(CCCCCO)C(C(=O)N(CC=C)CCCC)C23CC[C@]1(C)S3. The summed E-state index contributed by atoms with van der Waals surface area (Å²) in [5, 5.41) is 9.20. The molecule has 3 fully saturated rings. The van der Waals surface area contributed by atoms with Gasteiger partial charge in [-0.2, -0.15) is 0 Å². The van der Waals surface area contributed by atoms with Gasteiger partial charge in [0.05, 0.1) is 23.2 Å². The highest BCUT2D eigenvalue weighted by molar-refractivity contribution is 8.02. The minimum Gasteiger partial charge on any atom is -0.465 e. The van der Waals surface area contributed by atoms with Gasteiger partial charge in [-0.1, -0.05) is 25.5 Å². The zero-order chi connectivity index (χ0) is 26.3. The topological polar surface area (TPSA) is 87.1 Å². The third-order valence-corrected chi connectivity index (χ3v) is 10.0. The molecule has 1 spiro atoms. The average Bonchev–Trinajstić information content (AvgIpc) is 3.42. The number of amides is 2. The molecule has 0 saturated carbocycles. The number of carbonyl (C=O) groups is 3. The number of likely N-dealkylation sites (tertiary alicyclic amines) is 1. The second kappa shape index (κ2) is 12.6. The van der Waals surface area contributed by atoms with E-state index in [9.17, 15) is 19.5 Å². The third-order valence-electron chi connectivity index (χ3n) is 8.06. The minimum atomic E-state index is -0.615. The number of fused-ring (bicyclic) bond motifs is 1. The number of unbranched alkanes of at least 4 members (excludes halogenated alkanes) is 4. The molecule has 5 atom stereocenters. The van der Waals surface area contributed by atoms with Crippen LogP contribution in [-0.2, 0) is 19.1 Å². The number of thioether (sulfide) groups is 1. The number of carbonyl (C=O) groups excluding carboxylic acids is 3. The lowest BCUT2D eigenvalue weighted by Crippen LogP contribution is -2.55. The Hall–Kier alpha value is -1.80. The Labute approximate surface area is 220 Å². The molecular formula is C28H44N2O5S. The first-order chi connectivity index (χ1) is 17.3. The van der Waals surface area contributed by atoms with Gasteiger partial charge >= 0.3 is 5.97 Å². The molecule has 2 unspecified atom stereocenters. The smallest absolute Gasteiger partial charge is 0.311 e. The van der Waals surface area contributed by atoms with Crippen LogP contribution in [0.1, 0.15) is 71.6 Å². The Morgan fingerprint density at radius 3 is 2.64 bits per heavy atom. The lowest BCUT2D eigenvalue weighted by molar-refractivity contribution is -0.155. The van der Waals surface area contributed by atoms with Gasteiger partial charge in [-0.05, 0) is 58.3 Å². The first kappa shape index (κ1) is 28.8. The largest absolute Gasteiger partial charge is 0.465 e. The molecule has 202 valence electrons. The Balaban J connectivity index is 1.93. The summed E-state index contributed by atoms with van der Waals surface area (Å²) in [5.41, 5.74) is 0. The predicted octanol–water partition coefficient (Wildman–Crippen LogP) is 3.95. The number of ether oxygens (including phenoxy) is 1. The molecule has 3 aliphatic rings. The van der Waals surface area contributed by atoms with Crippen LogP contribution in [0.2, 0.25) is 0 Å². The summed E-state index contributed by atoms with van der Waals surface area (Å²) in [6, 6.07) is -0.591. The number of nitrogens with zero attached hydrogens (tertiary/aromatic N) is 2. The number of hydrogen-bond acceptors (Lipinski definition) is 6. The Kier molecular flexibility index (Phi) is 10.1. The maximum absolute atomic E-state index is 14.1. The summed E-state index contributed by atoms with van der Waals surface area (Å²) in [6.07, 6.45) is 10.6. The van der Waals surface area contributed by atoms with E-state index < -0.39 is 27.4 Å². The fourth-order valence-electron chi connectivity index (χ4n) is 6.33. The molecule has 2 amide bonds. The van der Waals surface area contributed by atoms with Gasteiger partial charge in [-0.25, -0.2) is 0 Å². The standard InChI is InChI=1S/C28H44N2O5S/c1-5-8-13-20-35-26(34)22-21-24(32)30(18-11-10-12-19-31)23(28(21)15-14-27(22,4)36-28)25(33)29(16-7-3)17-9-6-2/h5,7,21-23,31H,1,3,6,8-20H2,2,4H3/t21-,22+,23?,27-,28?/m0/s1. The van der Waals surface area contributed by atoms with E-state index >= 15 is 0 Å². The second-order valence-corrected chi connectivity index (χ2v) is 12.5. The van der Waals surface area contributed by atoms with Gasteiger partial charge in [0.1, 0.15) is 6.04 Å². The summed E-state index contributed by atoms with van der Waals surface area (Å²) in [5.74, 6) is -1.52. The van der Waals surface area contributed by atoms with E-state index in [0.717, 1.165) is 38.5 Å². The molecule has 7 nitrogen and oxygen atoms in total. The van der Waals surface area contributed by atoms with E-state index in [2.05, 4.69) is 27.0 Å². The molecule has 36 heavy (non-hydrogen) atoms. The van der Waals surface area contributed by atoms with Gasteiger partial charge in [-0.15, -0.1) is 24.9 Å². The quantitative estimate of drug-likeness (QED) is 0.188. The molecule has 3 aliphatic heterocycles. The van der Waals surface area contributed by atoms with Gasteiger partial charge in [0.2, 0.25) is 11.8 Å². The van der Waals surface area contributed by atoms with Crippen molar-refractivity contribution in [2.75, 3.05) is 32.8 Å². The number of hydrogen-bond donors (Lipinski definition) is 1. The Morgan fingerprint density at radius 1 is 1.19 bits per heavy atom. The summed E-state index contributed by atoms with van der Waals surface area (Å²) in [7, 11) is 0. The van der Waals surface area contributed by atoms with Crippen molar-refractivity contribution in [3.63, 3.8) is 0 Å². The van der Waals surface area contributed by atoms with Gasteiger partial charge in [-0.3, -0.25) is 14.4 Å². The van der Waals surface area contributed by atoms with Crippen molar-refractivity contribution in [2.24, 2.45) is 11.8 Å². The summed E-state index contributed by atoms with van der Waals surface area (Å²) < 4.78 is 4.65. The highest BCUT2D eigenvalue weighted by Crippen LogP contribution is 2.71. The normalized spacial score (nSPS) is 30.4. The zero-order valence-corrected chi connectivity index (χ0v) is 22.9. The van der Waals surface area contributed by atoms with Gasteiger partial charge in [0.25, 0.3) is 0 Å². The van der Waals surface area contributed by atoms with Crippen molar-refractivity contribution in [2.45, 2.75) is 87.2 Å². The predicted molar refractivity (Wildman–Crippen MR) is 143 cm³/mol. The zero-order valence-electron chi connectivity index (χ0n) is 22.1. The summed E-state index contributed by atoms with van der Waals surface area (Å²) >= 11 is 1.69. The first-order valence-electron chi connectivity index (χ1n) is 13.6. The van der Waals surface area contributed by atoms with E-state index in [0.29, 0.717) is 45.5 Å². The minimum absolute atomic E-state index is 0.0295. The second-order valence-electron chi connectivity index (χ2n) is 10.6. The van der Waals surface area contributed by atoms with E-state index in [1.807, 2.05) is 4.90 Å². The lowest BCUT2D eigenvalue weighted by atomic mass is 9.66. The van der Waals surface area contributed by atoms with Crippen molar-refractivity contribution in [3.05, 3.63) is 25.3 Å². The van der Waals surface area contributed by atoms with Crippen LogP contribution in [0.5, 0.6) is 0 Å². The highest BCUT2D eigenvalue weighted by Gasteiger charge is 2.77. The van der Waals surface area contributed by atoms with Crippen LogP contribution in [0.25, 0.3) is 0 Å². The monoisotopic (exact) mass is 520 g/mol. The number of aliphatic hydroxyl groups is 1. The Morgan fingerprint density at radius 2 is 1.97 bits per heavy atom. The third kappa shape index (κ3) is 5.40. The van der Waals surface area contributed by atoms with Gasteiger partial charge < -0.3 is 19.6 Å². The molecule has 1 N–H and O–H groups in total. The van der Waals surface area contributed by atoms with Crippen LogP contribution in [0.15, 0.2) is 25.3 Å². The fourth-order valence-corrected chi connectivity index (χ4v) is 8.67. The van der Waals surface area contributed by atoms with E-state index in [4.69, 9.17) is 4.74 Å². The molecule has 3 rings (SSSR count). The highest BCUT2D eigenvalue weighted by atomic mass is 32.2. The molecule has 3 heterocycles. The molecule has 0 radical (unpaired) electrons. The van der Waals surface area contributed by atoms with E-state index in [1.165, 1.54) is 0 Å².